The molecule has 2 rings (SSSR count). The molecule has 0 radical (unpaired) electrons. The first kappa shape index (κ1) is 13.2. The molecule has 0 saturated heterocycles. The van der Waals surface area contributed by atoms with E-state index < -0.39 is 6.10 Å². The molecule has 0 unspecified atom stereocenters. The molecule has 0 saturated carbocycles. The third-order valence-corrected chi connectivity index (χ3v) is 3.26. The first-order valence-corrected chi connectivity index (χ1v) is 6.60. The van der Waals surface area contributed by atoms with Crippen LogP contribution in [-0.2, 0) is 6.42 Å². The van der Waals surface area contributed by atoms with Gasteiger partial charge in [-0.1, -0.05) is 28.1 Å². The minimum absolute atomic E-state index is 0.523. The van der Waals surface area contributed by atoms with Gasteiger partial charge >= 0.3 is 0 Å². The summed E-state index contributed by atoms with van der Waals surface area (Å²) in [6, 6.07) is 8.09. The van der Waals surface area contributed by atoms with Gasteiger partial charge in [0.2, 0.25) is 0 Å². The van der Waals surface area contributed by atoms with Crippen molar-refractivity contribution in [3.63, 3.8) is 0 Å². The maximum Gasteiger partial charge on any atom is 0.132 e. The van der Waals surface area contributed by atoms with E-state index in [1.807, 2.05) is 25.1 Å². The van der Waals surface area contributed by atoms with Crippen LogP contribution >= 0.6 is 15.9 Å². The van der Waals surface area contributed by atoms with Gasteiger partial charge in [-0.25, -0.2) is 9.97 Å². The summed E-state index contributed by atoms with van der Waals surface area (Å²) in [5.74, 6) is 0.773. The molecule has 0 aliphatic rings. The normalized spacial score (nSPS) is 12.4. The third kappa shape index (κ3) is 3.15. The van der Waals surface area contributed by atoms with E-state index >= 15 is 0 Å². The summed E-state index contributed by atoms with van der Waals surface area (Å²) in [7, 11) is 0. The zero-order valence-corrected chi connectivity index (χ0v) is 12.0. The number of aliphatic hydroxyl groups excluding tert-OH is 1. The lowest BCUT2D eigenvalue weighted by atomic mass is 10.1. The van der Waals surface area contributed by atoms with Crippen LogP contribution in [0.15, 0.2) is 34.9 Å². The van der Waals surface area contributed by atoms with Gasteiger partial charge in [-0.05, 0) is 31.5 Å². The molecule has 0 spiro atoms. The van der Waals surface area contributed by atoms with Gasteiger partial charge in [-0.15, -0.1) is 0 Å². The molecule has 0 aliphatic heterocycles. The van der Waals surface area contributed by atoms with Crippen LogP contribution in [0.1, 0.15) is 35.7 Å². The summed E-state index contributed by atoms with van der Waals surface area (Å²) in [4.78, 5) is 8.73. The Morgan fingerprint density at radius 3 is 2.78 bits per heavy atom. The lowest BCUT2D eigenvalue weighted by Crippen LogP contribution is -2.04. The van der Waals surface area contributed by atoms with Crippen molar-refractivity contribution < 1.29 is 5.11 Å². The minimum Gasteiger partial charge on any atom is -0.389 e. The van der Waals surface area contributed by atoms with Gasteiger partial charge in [-0.2, -0.15) is 0 Å². The predicted molar refractivity (Wildman–Crippen MR) is 74.4 cm³/mol. The Morgan fingerprint density at radius 2 is 2.17 bits per heavy atom. The van der Waals surface area contributed by atoms with E-state index in [-0.39, 0.29) is 0 Å². The number of aliphatic hydroxyl groups is 1. The van der Waals surface area contributed by atoms with Crippen LogP contribution < -0.4 is 0 Å². The van der Waals surface area contributed by atoms with E-state index in [0.717, 1.165) is 27.1 Å². The average molecular weight is 307 g/mol. The van der Waals surface area contributed by atoms with E-state index in [4.69, 9.17) is 0 Å². The summed E-state index contributed by atoms with van der Waals surface area (Å²) in [5, 5.41) is 9.54. The van der Waals surface area contributed by atoms with E-state index in [2.05, 4.69) is 32.0 Å². The van der Waals surface area contributed by atoms with E-state index in [9.17, 15) is 5.11 Å². The van der Waals surface area contributed by atoms with Gasteiger partial charge in [0.1, 0.15) is 5.82 Å². The van der Waals surface area contributed by atoms with Crippen LogP contribution in [0.5, 0.6) is 0 Å². The predicted octanol–water partition coefficient (Wildman–Crippen LogP) is 3.19. The van der Waals surface area contributed by atoms with E-state index in [1.54, 1.807) is 13.1 Å². The molecule has 3 nitrogen and oxygen atoms in total. The SMILES string of the molecule is Cc1nc(Cc2cccc(Br)c2)ncc1[C@@H](C)O. The van der Waals surface area contributed by atoms with Crippen LogP contribution in [-0.4, -0.2) is 15.1 Å². The minimum atomic E-state index is -0.523. The Balaban J connectivity index is 2.23. The second-order valence-corrected chi connectivity index (χ2v) is 5.23. The molecule has 1 heterocycles. The van der Waals surface area contributed by atoms with Crippen molar-refractivity contribution in [2.75, 3.05) is 0 Å². The molecule has 0 fully saturated rings. The second kappa shape index (κ2) is 5.59. The Bertz CT molecular complexity index is 555. The van der Waals surface area contributed by atoms with Gasteiger partial charge in [0.15, 0.2) is 0 Å². The fourth-order valence-electron chi connectivity index (χ4n) is 1.85. The number of benzene rings is 1. The molecular formula is C14H15BrN2O. The highest BCUT2D eigenvalue weighted by Gasteiger charge is 2.08. The van der Waals surface area contributed by atoms with Crippen LogP contribution in [0.25, 0.3) is 0 Å². The van der Waals surface area contributed by atoms with Crippen LogP contribution in [0.2, 0.25) is 0 Å². The molecule has 94 valence electrons. The number of hydrogen-bond donors (Lipinski definition) is 1. The fraction of sp³-hybridized carbons (Fsp3) is 0.286. The molecule has 1 atom stereocenters. The highest BCUT2D eigenvalue weighted by atomic mass is 79.9. The highest BCUT2D eigenvalue weighted by Crippen LogP contribution is 2.17. The highest BCUT2D eigenvalue weighted by molar-refractivity contribution is 9.10. The number of aromatic nitrogens is 2. The Hall–Kier alpha value is -1.26. The summed E-state index contributed by atoms with van der Waals surface area (Å²) < 4.78 is 1.05. The Labute approximate surface area is 115 Å². The maximum absolute atomic E-state index is 9.54. The zero-order valence-electron chi connectivity index (χ0n) is 10.4. The molecule has 0 amide bonds. The van der Waals surface area contributed by atoms with Gasteiger partial charge in [-0.3, -0.25) is 0 Å². The Morgan fingerprint density at radius 1 is 1.39 bits per heavy atom. The molecular weight excluding hydrogens is 292 g/mol. The average Bonchev–Trinajstić information content (AvgIpc) is 2.28. The summed E-state index contributed by atoms with van der Waals surface area (Å²) in [5.41, 5.74) is 2.78. The second-order valence-electron chi connectivity index (χ2n) is 4.31. The summed E-state index contributed by atoms with van der Waals surface area (Å²) in [6.07, 6.45) is 1.88. The van der Waals surface area contributed by atoms with Crippen molar-refractivity contribution in [2.24, 2.45) is 0 Å². The lowest BCUT2D eigenvalue weighted by Gasteiger charge is -2.09. The van der Waals surface area contributed by atoms with Crippen LogP contribution in [0.4, 0.5) is 0 Å². The molecule has 18 heavy (non-hydrogen) atoms. The van der Waals surface area contributed by atoms with Crippen molar-refractivity contribution in [1.29, 1.82) is 0 Å². The number of hydrogen-bond acceptors (Lipinski definition) is 3. The third-order valence-electron chi connectivity index (χ3n) is 2.77. The molecule has 2 aromatic rings. The van der Waals surface area contributed by atoms with E-state index in [1.165, 1.54) is 0 Å². The number of rotatable bonds is 3. The van der Waals surface area contributed by atoms with Crippen LogP contribution in [0, 0.1) is 6.92 Å². The molecule has 4 heteroatoms. The largest absolute Gasteiger partial charge is 0.389 e. The first-order chi connectivity index (χ1) is 8.56. The van der Waals surface area contributed by atoms with E-state index in [0.29, 0.717) is 6.42 Å². The summed E-state index contributed by atoms with van der Waals surface area (Å²) in [6.45, 7) is 3.62. The smallest absolute Gasteiger partial charge is 0.132 e. The zero-order chi connectivity index (χ0) is 13.1. The van der Waals surface area contributed by atoms with Crippen molar-refractivity contribution in [1.82, 2.24) is 9.97 Å². The monoisotopic (exact) mass is 306 g/mol. The topological polar surface area (TPSA) is 46.0 Å². The van der Waals surface area contributed by atoms with Gasteiger partial charge in [0, 0.05) is 28.3 Å². The molecule has 0 aliphatic carbocycles. The first-order valence-electron chi connectivity index (χ1n) is 5.81. The standard InChI is InChI=1S/C14H15BrN2O/c1-9-13(10(2)18)8-16-14(17-9)7-11-4-3-5-12(15)6-11/h3-6,8,10,18H,7H2,1-2H3/t10-/m1/s1. The summed E-state index contributed by atoms with van der Waals surface area (Å²) >= 11 is 3.45. The van der Waals surface area contributed by atoms with Crippen molar-refractivity contribution in [2.45, 2.75) is 26.4 Å². The Kier molecular flexibility index (Phi) is 4.09. The molecule has 0 bridgehead atoms. The number of halogens is 1. The quantitative estimate of drug-likeness (QED) is 0.947. The van der Waals surface area contributed by atoms with Gasteiger partial charge < -0.3 is 5.11 Å². The van der Waals surface area contributed by atoms with Crippen molar-refractivity contribution >= 4 is 15.9 Å². The van der Waals surface area contributed by atoms with Gasteiger partial charge in [0.05, 0.1) is 6.10 Å². The number of nitrogens with zero attached hydrogens (tertiary/aromatic N) is 2. The number of aryl methyl sites for hydroxylation is 1. The molecule has 1 aromatic carbocycles. The lowest BCUT2D eigenvalue weighted by molar-refractivity contribution is 0.197. The fourth-order valence-corrected chi connectivity index (χ4v) is 2.30. The molecule has 1 N–H and O–H groups in total. The van der Waals surface area contributed by atoms with Gasteiger partial charge in [0.25, 0.3) is 0 Å². The van der Waals surface area contributed by atoms with Crippen LogP contribution in [0.3, 0.4) is 0 Å². The van der Waals surface area contributed by atoms with Crippen molar-refractivity contribution in [3.05, 3.63) is 57.6 Å². The molecule has 1 aromatic heterocycles. The van der Waals surface area contributed by atoms with Crippen molar-refractivity contribution in [3.8, 4) is 0 Å². The maximum atomic E-state index is 9.54.